The van der Waals surface area contributed by atoms with Crippen molar-refractivity contribution >= 4 is 11.6 Å². The number of aromatic nitrogens is 3. The molecular formula is C31H38N6O3. The van der Waals surface area contributed by atoms with Crippen molar-refractivity contribution in [2.45, 2.75) is 44.4 Å². The molecule has 6 rings (SSSR count). The van der Waals surface area contributed by atoms with Gasteiger partial charge in [0.1, 0.15) is 5.82 Å². The lowest BCUT2D eigenvalue weighted by Crippen LogP contribution is -2.45. The molecule has 9 nitrogen and oxygen atoms in total. The van der Waals surface area contributed by atoms with Crippen molar-refractivity contribution in [1.82, 2.24) is 24.8 Å². The van der Waals surface area contributed by atoms with E-state index in [0.717, 1.165) is 117 Å². The van der Waals surface area contributed by atoms with Crippen LogP contribution in [0.3, 0.4) is 0 Å². The number of carbonyl (C=O) groups excluding carboxylic acids is 1. The van der Waals surface area contributed by atoms with Crippen LogP contribution in [0.2, 0.25) is 0 Å². The van der Waals surface area contributed by atoms with Crippen LogP contribution in [0.15, 0.2) is 47.9 Å². The minimum atomic E-state index is 0.139. The van der Waals surface area contributed by atoms with Crippen molar-refractivity contribution in [3.05, 3.63) is 59.7 Å². The molecule has 210 valence electrons. The van der Waals surface area contributed by atoms with Gasteiger partial charge in [-0.25, -0.2) is 4.98 Å². The monoisotopic (exact) mass is 542 g/mol. The number of fused-ring (bicyclic) bond motifs is 1. The summed E-state index contributed by atoms with van der Waals surface area (Å²) in [4.78, 5) is 30.8. The molecule has 4 heterocycles. The zero-order valence-corrected chi connectivity index (χ0v) is 23.2. The molecule has 0 spiro atoms. The van der Waals surface area contributed by atoms with Crippen LogP contribution in [0, 0.1) is 5.92 Å². The number of benzene rings is 1. The highest BCUT2D eigenvalue weighted by Crippen LogP contribution is 2.37. The molecule has 2 aromatic heterocycles. The van der Waals surface area contributed by atoms with Gasteiger partial charge in [-0.1, -0.05) is 17.3 Å². The van der Waals surface area contributed by atoms with Crippen LogP contribution >= 0.6 is 0 Å². The highest BCUT2D eigenvalue weighted by atomic mass is 16.5. The molecule has 1 amide bonds. The van der Waals surface area contributed by atoms with Gasteiger partial charge >= 0.3 is 0 Å². The highest BCUT2D eigenvalue weighted by molar-refractivity contribution is 6.04. The summed E-state index contributed by atoms with van der Waals surface area (Å²) in [5, 5.41) is 12.8. The van der Waals surface area contributed by atoms with E-state index in [2.05, 4.69) is 37.1 Å². The quantitative estimate of drug-likeness (QED) is 0.340. The number of methoxy groups -OCH3 is 1. The van der Waals surface area contributed by atoms with E-state index < -0.39 is 0 Å². The molecule has 9 heteroatoms. The van der Waals surface area contributed by atoms with Crippen molar-refractivity contribution in [1.29, 1.82) is 0 Å². The first-order valence-corrected chi connectivity index (χ1v) is 14.5. The lowest BCUT2D eigenvalue weighted by molar-refractivity contribution is -0.138. The molecule has 2 fully saturated rings. The first-order chi connectivity index (χ1) is 19.6. The number of H-pyrrole nitrogens is 1. The zero-order valence-electron chi connectivity index (χ0n) is 23.2. The van der Waals surface area contributed by atoms with Crippen LogP contribution in [0.5, 0.6) is 0 Å². The molecule has 0 radical (unpaired) electrons. The van der Waals surface area contributed by atoms with Crippen LogP contribution in [-0.2, 0) is 16.0 Å². The Morgan fingerprint density at radius 3 is 2.55 bits per heavy atom. The number of oxime groups is 1. The van der Waals surface area contributed by atoms with Crippen molar-refractivity contribution in [3.8, 4) is 22.5 Å². The van der Waals surface area contributed by atoms with Gasteiger partial charge in [-0.15, -0.1) is 0 Å². The first kappa shape index (κ1) is 26.7. The second kappa shape index (κ2) is 11.9. The number of carbonyl (C=O) groups is 1. The van der Waals surface area contributed by atoms with E-state index in [1.165, 1.54) is 5.56 Å². The fourth-order valence-corrected chi connectivity index (χ4v) is 6.50. The molecule has 3 aromatic rings. The molecule has 1 aromatic carbocycles. The Kier molecular flexibility index (Phi) is 7.93. The van der Waals surface area contributed by atoms with Crippen LogP contribution < -0.4 is 0 Å². The summed E-state index contributed by atoms with van der Waals surface area (Å²) in [6.45, 7) is 5.18. The third-order valence-electron chi connectivity index (χ3n) is 8.87. The van der Waals surface area contributed by atoms with Gasteiger partial charge in [-0.3, -0.25) is 9.78 Å². The summed E-state index contributed by atoms with van der Waals surface area (Å²) in [5.74, 6) is 1.72. The Bertz CT molecular complexity index is 1350. The number of rotatable bonds is 7. The molecule has 2 N–H and O–H groups in total. The van der Waals surface area contributed by atoms with Gasteiger partial charge in [0.25, 0.3) is 0 Å². The Morgan fingerprint density at radius 2 is 1.82 bits per heavy atom. The number of piperidine rings is 2. The van der Waals surface area contributed by atoms with Gasteiger partial charge in [0, 0.05) is 67.7 Å². The van der Waals surface area contributed by atoms with E-state index in [1.807, 2.05) is 18.2 Å². The van der Waals surface area contributed by atoms with Crippen LogP contribution in [0.1, 0.15) is 55.0 Å². The number of ether oxygens (including phenoxy) is 1. The Morgan fingerprint density at radius 1 is 1.05 bits per heavy atom. The average Bonchev–Trinajstić information content (AvgIpc) is 3.65. The number of aromatic amines is 1. The maximum Gasteiger partial charge on any atom is 0.225 e. The SMILES string of the molecule is COCCN1CCC(C(=O)N2CCC(c3nc(-c4ccc5c(c4)CC/C5=N\O)c(-c4ccncc4)[nH]3)CC2)CC1. The van der Waals surface area contributed by atoms with Gasteiger partial charge in [-0.2, -0.15) is 0 Å². The number of hydrogen-bond acceptors (Lipinski definition) is 7. The maximum atomic E-state index is 13.3. The van der Waals surface area contributed by atoms with Crippen LogP contribution in [0.4, 0.5) is 0 Å². The van der Waals surface area contributed by atoms with E-state index >= 15 is 0 Å². The number of likely N-dealkylation sites (tertiary alicyclic amines) is 2. The molecule has 0 unspecified atom stereocenters. The third-order valence-corrected chi connectivity index (χ3v) is 8.87. The minimum absolute atomic E-state index is 0.139. The smallest absolute Gasteiger partial charge is 0.225 e. The molecule has 1 aliphatic carbocycles. The summed E-state index contributed by atoms with van der Waals surface area (Å²) < 4.78 is 5.21. The predicted molar refractivity (Wildman–Crippen MR) is 153 cm³/mol. The van der Waals surface area contributed by atoms with Crippen molar-refractivity contribution in [2.75, 3.05) is 46.4 Å². The largest absolute Gasteiger partial charge is 0.411 e. The minimum Gasteiger partial charge on any atom is -0.411 e. The number of imidazole rings is 1. The van der Waals surface area contributed by atoms with Gasteiger partial charge < -0.3 is 24.7 Å². The number of nitrogens with one attached hydrogen (secondary N) is 1. The highest BCUT2D eigenvalue weighted by Gasteiger charge is 2.32. The maximum absolute atomic E-state index is 13.3. The van der Waals surface area contributed by atoms with E-state index in [-0.39, 0.29) is 11.8 Å². The molecular weight excluding hydrogens is 504 g/mol. The average molecular weight is 543 g/mol. The summed E-state index contributed by atoms with van der Waals surface area (Å²) in [7, 11) is 1.74. The Hall–Kier alpha value is -3.56. The summed E-state index contributed by atoms with van der Waals surface area (Å²) >= 11 is 0. The van der Waals surface area contributed by atoms with Crippen molar-refractivity contribution < 1.29 is 14.7 Å². The van der Waals surface area contributed by atoms with Gasteiger partial charge in [0.15, 0.2) is 0 Å². The van der Waals surface area contributed by atoms with E-state index in [9.17, 15) is 10.0 Å². The molecule has 0 bridgehead atoms. The van der Waals surface area contributed by atoms with E-state index in [4.69, 9.17) is 9.72 Å². The van der Waals surface area contributed by atoms with Crippen LogP contribution in [-0.4, -0.2) is 88.0 Å². The number of amides is 1. The van der Waals surface area contributed by atoms with E-state index in [0.29, 0.717) is 5.91 Å². The molecule has 2 aliphatic heterocycles. The molecule has 0 saturated carbocycles. The molecule has 40 heavy (non-hydrogen) atoms. The van der Waals surface area contributed by atoms with E-state index in [1.54, 1.807) is 19.5 Å². The second-order valence-corrected chi connectivity index (χ2v) is 11.2. The number of pyridine rings is 1. The molecule has 3 aliphatic rings. The Labute approximate surface area is 235 Å². The number of aryl methyl sites for hydroxylation is 1. The first-order valence-electron chi connectivity index (χ1n) is 14.5. The number of hydrogen-bond donors (Lipinski definition) is 2. The molecule has 2 saturated heterocycles. The zero-order chi connectivity index (χ0) is 27.5. The third kappa shape index (κ3) is 5.40. The van der Waals surface area contributed by atoms with Crippen molar-refractivity contribution in [3.63, 3.8) is 0 Å². The lowest BCUT2D eigenvalue weighted by Gasteiger charge is -2.37. The molecule has 0 atom stereocenters. The standard InChI is InChI=1S/C31H38N6O3/c1-40-19-18-36-14-8-23(9-15-36)31(38)37-16-10-22(11-17-37)30-33-28(21-6-12-32-13-7-21)29(34-30)25-2-4-26-24(20-25)3-5-27(26)35-39/h2,4,6-7,12-13,20,22-23,39H,3,5,8-11,14-19H2,1H3,(H,33,34)/b35-27+. The summed E-state index contributed by atoms with van der Waals surface area (Å²) in [5.41, 5.74) is 6.97. The fourth-order valence-electron chi connectivity index (χ4n) is 6.50. The summed E-state index contributed by atoms with van der Waals surface area (Å²) in [6.07, 6.45) is 8.91. The number of nitrogens with zero attached hydrogens (tertiary/aromatic N) is 5. The van der Waals surface area contributed by atoms with Crippen molar-refractivity contribution in [2.24, 2.45) is 11.1 Å². The second-order valence-electron chi connectivity index (χ2n) is 11.2. The topological polar surface area (TPSA) is 107 Å². The van der Waals surface area contributed by atoms with Gasteiger partial charge in [0.05, 0.1) is 23.7 Å². The lowest BCUT2D eigenvalue weighted by atomic mass is 9.91. The normalized spacial score (nSPS) is 19.8. The van der Waals surface area contributed by atoms with Gasteiger partial charge in [-0.05, 0) is 75.4 Å². The van der Waals surface area contributed by atoms with Crippen LogP contribution in [0.25, 0.3) is 22.5 Å². The Balaban J connectivity index is 1.17. The summed E-state index contributed by atoms with van der Waals surface area (Å²) in [6, 6.07) is 10.3. The fraction of sp³-hybridized carbons (Fsp3) is 0.484. The predicted octanol–water partition coefficient (Wildman–Crippen LogP) is 4.33. The van der Waals surface area contributed by atoms with Gasteiger partial charge in [0.2, 0.25) is 5.91 Å².